The number of hydrogen-bond donors (Lipinski definition) is 1. The number of hydrogen-bond acceptors (Lipinski definition) is 3. The number of halogens is 1. The first-order chi connectivity index (χ1) is 10.2. The van der Waals surface area contributed by atoms with Crippen molar-refractivity contribution in [2.75, 3.05) is 19.7 Å². The minimum atomic E-state index is 0.0728. The second-order valence-electron chi connectivity index (χ2n) is 5.24. The van der Waals surface area contributed by atoms with Gasteiger partial charge >= 0.3 is 0 Å². The van der Waals surface area contributed by atoms with Crippen LogP contribution < -0.4 is 10.1 Å². The van der Waals surface area contributed by atoms with Crippen molar-refractivity contribution in [3.8, 4) is 5.75 Å². The van der Waals surface area contributed by atoms with Gasteiger partial charge in [-0.05, 0) is 59.9 Å². The van der Waals surface area contributed by atoms with Crippen molar-refractivity contribution in [2.24, 2.45) is 0 Å². The molecular formula is C16H23BrN2O2. The van der Waals surface area contributed by atoms with Gasteiger partial charge in [0.05, 0.1) is 4.47 Å². The topological polar surface area (TPSA) is 41.6 Å². The molecular weight excluding hydrogens is 332 g/mol. The maximum Gasteiger partial charge on any atom is 0.260 e. The Morgan fingerprint density at radius 3 is 2.76 bits per heavy atom. The normalized spacial score (nSPS) is 14.0. The van der Waals surface area contributed by atoms with Gasteiger partial charge in [0.2, 0.25) is 0 Å². The molecule has 1 aromatic rings. The standard InChI is InChI=1S/C16H23BrN2O2/c1-3-18-10-12-5-8-15(14(17)9-12)21-11-16(20)19(4-2)13-6-7-13/h5,8-9,13,18H,3-4,6-7,10-11H2,1-2H3. The van der Waals surface area contributed by atoms with Gasteiger partial charge in [0, 0.05) is 19.1 Å². The summed E-state index contributed by atoms with van der Waals surface area (Å²) in [7, 11) is 0. The molecule has 1 amide bonds. The summed E-state index contributed by atoms with van der Waals surface area (Å²) >= 11 is 3.51. The van der Waals surface area contributed by atoms with E-state index in [1.54, 1.807) is 0 Å². The predicted octanol–water partition coefficient (Wildman–Crippen LogP) is 2.95. The van der Waals surface area contributed by atoms with Crippen LogP contribution in [0.25, 0.3) is 0 Å². The molecule has 5 heteroatoms. The summed E-state index contributed by atoms with van der Waals surface area (Å²) in [6, 6.07) is 6.40. The summed E-state index contributed by atoms with van der Waals surface area (Å²) in [5.74, 6) is 0.791. The summed E-state index contributed by atoms with van der Waals surface area (Å²) in [6.45, 7) is 6.74. The highest BCUT2D eigenvalue weighted by Gasteiger charge is 2.31. The Bertz CT molecular complexity index is 489. The van der Waals surface area contributed by atoms with Crippen molar-refractivity contribution >= 4 is 21.8 Å². The molecule has 1 aliphatic rings. The number of amides is 1. The molecule has 0 bridgehead atoms. The van der Waals surface area contributed by atoms with E-state index in [4.69, 9.17) is 4.74 Å². The van der Waals surface area contributed by atoms with Crippen molar-refractivity contribution < 1.29 is 9.53 Å². The monoisotopic (exact) mass is 354 g/mol. The van der Waals surface area contributed by atoms with Gasteiger partial charge in [-0.1, -0.05) is 13.0 Å². The fourth-order valence-electron chi connectivity index (χ4n) is 2.29. The Labute approximate surface area is 135 Å². The van der Waals surface area contributed by atoms with E-state index in [-0.39, 0.29) is 12.5 Å². The fourth-order valence-corrected chi connectivity index (χ4v) is 2.83. The van der Waals surface area contributed by atoms with E-state index >= 15 is 0 Å². The Morgan fingerprint density at radius 1 is 1.43 bits per heavy atom. The SMILES string of the molecule is CCNCc1ccc(OCC(=O)N(CC)C2CC2)c(Br)c1. The van der Waals surface area contributed by atoms with Crippen molar-refractivity contribution in [1.82, 2.24) is 10.2 Å². The third-order valence-electron chi connectivity index (χ3n) is 3.58. The number of carbonyl (C=O) groups is 1. The van der Waals surface area contributed by atoms with Crippen LogP contribution in [0.5, 0.6) is 5.75 Å². The van der Waals surface area contributed by atoms with Crippen LogP contribution >= 0.6 is 15.9 Å². The van der Waals surface area contributed by atoms with E-state index < -0.39 is 0 Å². The Balaban J connectivity index is 1.88. The van der Waals surface area contributed by atoms with E-state index in [2.05, 4.69) is 28.2 Å². The highest BCUT2D eigenvalue weighted by molar-refractivity contribution is 9.10. The summed E-state index contributed by atoms with van der Waals surface area (Å²) in [5, 5.41) is 3.28. The molecule has 0 radical (unpaired) electrons. The molecule has 4 nitrogen and oxygen atoms in total. The van der Waals surface area contributed by atoms with Crippen molar-refractivity contribution in [3.05, 3.63) is 28.2 Å². The molecule has 0 aliphatic heterocycles. The smallest absolute Gasteiger partial charge is 0.260 e. The van der Waals surface area contributed by atoms with Crippen LogP contribution in [0, 0.1) is 0 Å². The van der Waals surface area contributed by atoms with Crippen LogP contribution in [0.2, 0.25) is 0 Å². The number of carbonyl (C=O) groups excluding carboxylic acids is 1. The first-order valence-electron chi connectivity index (χ1n) is 7.57. The zero-order valence-corrected chi connectivity index (χ0v) is 14.3. The third-order valence-corrected chi connectivity index (χ3v) is 4.19. The second-order valence-corrected chi connectivity index (χ2v) is 6.10. The van der Waals surface area contributed by atoms with E-state index in [1.807, 2.05) is 30.0 Å². The van der Waals surface area contributed by atoms with Crippen LogP contribution in [-0.4, -0.2) is 36.5 Å². The lowest BCUT2D eigenvalue weighted by molar-refractivity contribution is -0.133. The van der Waals surface area contributed by atoms with Gasteiger partial charge < -0.3 is 15.0 Å². The molecule has 0 saturated heterocycles. The molecule has 1 aliphatic carbocycles. The Kier molecular flexibility index (Phi) is 6.06. The van der Waals surface area contributed by atoms with Gasteiger partial charge in [-0.2, -0.15) is 0 Å². The van der Waals surface area contributed by atoms with Crippen LogP contribution in [0.4, 0.5) is 0 Å². The molecule has 1 aromatic carbocycles. The maximum absolute atomic E-state index is 12.1. The molecule has 0 unspecified atom stereocenters. The molecule has 0 spiro atoms. The van der Waals surface area contributed by atoms with E-state index in [0.717, 1.165) is 42.7 Å². The zero-order valence-electron chi connectivity index (χ0n) is 12.7. The van der Waals surface area contributed by atoms with Gasteiger partial charge in [0.25, 0.3) is 5.91 Å². The average molecular weight is 355 g/mol. The summed E-state index contributed by atoms with van der Waals surface area (Å²) in [6.07, 6.45) is 2.25. The summed E-state index contributed by atoms with van der Waals surface area (Å²) in [4.78, 5) is 14.0. The fraction of sp³-hybridized carbons (Fsp3) is 0.562. The van der Waals surface area contributed by atoms with Gasteiger partial charge in [-0.3, -0.25) is 4.79 Å². The lowest BCUT2D eigenvalue weighted by Crippen LogP contribution is -2.36. The van der Waals surface area contributed by atoms with Crippen molar-refractivity contribution in [2.45, 2.75) is 39.3 Å². The van der Waals surface area contributed by atoms with Crippen LogP contribution in [0.15, 0.2) is 22.7 Å². The first kappa shape index (κ1) is 16.3. The minimum absolute atomic E-state index is 0.0728. The number of nitrogens with one attached hydrogen (secondary N) is 1. The lowest BCUT2D eigenvalue weighted by atomic mass is 10.2. The van der Waals surface area contributed by atoms with E-state index in [1.165, 1.54) is 5.56 Å². The summed E-state index contributed by atoms with van der Waals surface area (Å²) in [5.41, 5.74) is 1.19. The Morgan fingerprint density at radius 2 is 2.19 bits per heavy atom. The number of nitrogens with zero attached hydrogens (tertiary/aromatic N) is 1. The van der Waals surface area contributed by atoms with Crippen molar-refractivity contribution in [3.63, 3.8) is 0 Å². The molecule has 1 fully saturated rings. The number of benzene rings is 1. The van der Waals surface area contributed by atoms with Crippen LogP contribution in [0.3, 0.4) is 0 Å². The first-order valence-corrected chi connectivity index (χ1v) is 8.36. The lowest BCUT2D eigenvalue weighted by Gasteiger charge is -2.20. The van der Waals surface area contributed by atoms with Gasteiger partial charge in [-0.25, -0.2) is 0 Å². The maximum atomic E-state index is 12.1. The highest BCUT2D eigenvalue weighted by atomic mass is 79.9. The third kappa shape index (κ3) is 4.71. The van der Waals surface area contributed by atoms with Crippen molar-refractivity contribution in [1.29, 1.82) is 0 Å². The molecule has 2 rings (SSSR count). The number of ether oxygens (including phenoxy) is 1. The zero-order chi connectivity index (χ0) is 15.2. The van der Waals surface area contributed by atoms with Gasteiger partial charge in [0.15, 0.2) is 6.61 Å². The Hall–Kier alpha value is -1.07. The van der Waals surface area contributed by atoms with Crippen LogP contribution in [-0.2, 0) is 11.3 Å². The molecule has 1 saturated carbocycles. The quantitative estimate of drug-likeness (QED) is 0.780. The molecule has 0 aromatic heterocycles. The van der Waals surface area contributed by atoms with E-state index in [0.29, 0.717) is 6.04 Å². The van der Waals surface area contributed by atoms with Gasteiger partial charge in [-0.15, -0.1) is 0 Å². The largest absolute Gasteiger partial charge is 0.483 e. The molecule has 21 heavy (non-hydrogen) atoms. The molecule has 0 heterocycles. The molecule has 0 atom stereocenters. The molecule has 116 valence electrons. The van der Waals surface area contributed by atoms with Crippen LogP contribution in [0.1, 0.15) is 32.3 Å². The number of rotatable bonds is 8. The average Bonchev–Trinajstić information content (AvgIpc) is 3.29. The summed E-state index contributed by atoms with van der Waals surface area (Å²) < 4.78 is 6.55. The molecule has 1 N–H and O–H groups in total. The van der Waals surface area contributed by atoms with Gasteiger partial charge in [0.1, 0.15) is 5.75 Å². The minimum Gasteiger partial charge on any atom is -0.483 e. The van der Waals surface area contributed by atoms with E-state index in [9.17, 15) is 4.79 Å². The number of likely N-dealkylation sites (N-methyl/N-ethyl adjacent to an activating group) is 1. The predicted molar refractivity (Wildman–Crippen MR) is 87.4 cm³/mol. The highest BCUT2D eigenvalue weighted by Crippen LogP contribution is 2.28. The second kappa shape index (κ2) is 7.80.